The van der Waals surface area contributed by atoms with Gasteiger partial charge in [0.1, 0.15) is 0 Å². The lowest BCUT2D eigenvalue weighted by Crippen LogP contribution is -1.90. The Bertz CT molecular complexity index is 509. The molecule has 124 valence electrons. The molecular weight excluding hydrogens is 276 g/mol. The lowest BCUT2D eigenvalue weighted by atomic mass is 10.0. The Morgan fingerprint density at radius 3 is 1.70 bits per heavy atom. The minimum Gasteiger partial charge on any atom is -0.0654 e. The van der Waals surface area contributed by atoms with Gasteiger partial charge in [-0.25, -0.2) is 0 Å². The number of benzene rings is 2. The predicted octanol–water partition coefficient (Wildman–Crippen LogP) is 6.96. The molecule has 0 aliphatic heterocycles. The Labute approximate surface area is 143 Å². The van der Waals surface area contributed by atoms with Gasteiger partial charge in [-0.2, -0.15) is 0 Å². The summed E-state index contributed by atoms with van der Waals surface area (Å²) in [6.07, 6.45) is 13.5. The highest BCUT2D eigenvalue weighted by Gasteiger charge is 1.98. The van der Waals surface area contributed by atoms with Crippen LogP contribution in [0.1, 0.15) is 75.0 Å². The van der Waals surface area contributed by atoms with Crippen LogP contribution in [0.3, 0.4) is 0 Å². The van der Waals surface area contributed by atoms with Crippen LogP contribution in [0, 0.1) is 0 Å². The summed E-state index contributed by atoms with van der Waals surface area (Å²) in [4.78, 5) is 0. The summed E-state index contributed by atoms with van der Waals surface area (Å²) >= 11 is 0. The van der Waals surface area contributed by atoms with Crippen LogP contribution in [0.4, 0.5) is 0 Å². The molecule has 0 nitrogen and oxygen atoms in total. The third kappa shape index (κ3) is 7.50. The maximum Gasteiger partial charge on any atom is -0.00258 e. The van der Waals surface area contributed by atoms with Crippen molar-refractivity contribution in [1.29, 1.82) is 0 Å². The van der Waals surface area contributed by atoms with Crippen LogP contribution in [0.15, 0.2) is 54.6 Å². The molecule has 0 fully saturated rings. The minimum absolute atomic E-state index is 1.04. The van der Waals surface area contributed by atoms with Gasteiger partial charge < -0.3 is 0 Å². The van der Waals surface area contributed by atoms with Crippen LogP contribution in [0.2, 0.25) is 0 Å². The molecule has 0 radical (unpaired) electrons. The first-order valence-corrected chi connectivity index (χ1v) is 9.50. The van der Waals surface area contributed by atoms with Crippen molar-refractivity contribution >= 4 is 0 Å². The van der Waals surface area contributed by atoms with Crippen LogP contribution < -0.4 is 0 Å². The minimum atomic E-state index is 1.04. The molecule has 0 atom stereocenters. The van der Waals surface area contributed by atoms with Crippen LogP contribution in [-0.4, -0.2) is 0 Å². The first-order chi connectivity index (χ1) is 11.4. The fourth-order valence-electron chi connectivity index (χ4n) is 3.12. The van der Waals surface area contributed by atoms with Crippen molar-refractivity contribution in [3.05, 3.63) is 71.3 Å². The van der Waals surface area contributed by atoms with E-state index in [0.717, 1.165) is 6.42 Å². The Kier molecular flexibility index (Phi) is 8.55. The zero-order chi connectivity index (χ0) is 16.2. The van der Waals surface area contributed by atoms with Crippen molar-refractivity contribution in [2.45, 2.75) is 71.1 Å². The van der Waals surface area contributed by atoms with Crippen molar-refractivity contribution in [3.8, 4) is 0 Å². The summed E-state index contributed by atoms with van der Waals surface area (Å²) in [5, 5.41) is 0. The molecule has 2 rings (SSSR count). The van der Waals surface area contributed by atoms with Crippen LogP contribution in [0.25, 0.3) is 0 Å². The maximum atomic E-state index is 2.32. The number of unbranched alkanes of at least 4 members (excludes halogenated alkanes) is 7. The Hall–Kier alpha value is -1.56. The molecule has 2 aromatic carbocycles. The second kappa shape index (κ2) is 11.0. The van der Waals surface area contributed by atoms with E-state index in [9.17, 15) is 0 Å². The topological polar surface area (TPSA) is 0 Å². The number of hydrogen-bond acceptors (Lipinski definition) is 0. The van der Waals surface area contributed by atoms with Crippen LogP contribution >= 0.6 is 0 Å². The van der Waals surface area contributed by atoms with E-state index in [4.69, 9.17) is 0 Å². The molecule has 0 unspecified atom stereocenters. The van der Waals surface area contributed by atoms with Gasteiger partial charge in [0.2, 0.25) is 0 Å². The summed E-state index contributed by atoms with van der Waals surface area (Å²) in [5.74, 6) is 0. The molecular formula is C23H32. The molecule has 0 saturated heterocycles. The van der Waals surface area contributed by atoms with E-state index in [-0.39, 0.29) is 0 Å². The lowest BCUT2D eigenvalue weighted by molar-refractivity contribution is 0.575. The third-order valence-corrected chi connectivity index (χ3v) is 4.59. The molecule has 2 aromatic rings. The Balaban J connectivity index is 1.61. The monoisotopic (exact) mass is 308 g/mol. The normalized spacial score (nSPS) is 10.8. The summed E-state index contributed by atoms with van der Waals surface area (Å²) in [7, 11) is 0. The highest BCUT2D eigenvalue weighted by molar-refractivity contribution is 5.28. The van der Waals surface area contributed by atoms with Crippen molar-refractivity contribution in [2.24, 2.45) is 0 Å². The second-order valence-corrected chi connectivity index (χ2v) is 6.70. The molecule has 0 spiro atoms. The SMILES string of the molecule is CCCCCCCCCCc1ccc(Cc2ccccc2)cc1. The van der Waals surface area contributed by atoms with E-state index in [2.05, 4.69) is 61.5 Å². The Morgan fingerprint density at radius 1 is 0.522 bits per heavy atom. The molecule has 0 N–H and O–H groups in total. The largest absolute Gasteiger partial charge is 0.0654 e. The second-order valence-electron chi connectivity index (χ2n) is 6.70. The molecule has 0 amide bonds. The maximum absolute atomic E-state index is 2.32. The van der Waals surface area contributed by atoms with Crippen molar-refractivity contribution in [3.63, 3.8) is 0 Å². The summed E-state index contributed by atoms with van der Waals surface area (Å²) < 4.78 is 0. The fraction of sp³-hybridized carbons (Fsp3) is 0.478. The van der Waals surface area contributed by atoms with Crippen LogP contribution in [0.5, 0.6) is 0 Å². The van der Waals surface area contributed by atoms with E-state index >= 15 is 0 Å². The predicted molar refractivity (Wildman–Crippen MR) is 102 cm³/mol. The van der Waals surface area contributed by atoms with Crippen molar-refractivity contribution in [1.82, 2.24) is 0 Å². The van der Waals surface area contributed by atoms with Gasteiger partial charge in [0.05, 0.1) is 0 Å². The number of aryl methyl sites for hydroxylation is 1. The average molecular weight is 309 g/mol. The highest BCUT2D eigenvalue weighted by atomic mass is 14.0. The van der Waals surface area contributed by atoms with Gasteiger partial charge >= 0.3 is 0 Å². The molecule has 0 bridgehead atoms. The number of rotatable bonds is 11. The van der Waals surface area contributed by atoms with Crippen molar-refractivity contribution < 1.29 is 0 Å². The zero-order valence-corrected chi connectivity index (χ0v) is 14.8. The van der Waals surface area contributed by atoms with Gasteiger partial charge in [0, 0.05) is 0 Å². The quantitative estimate of drug-likeness (QED) is 0.393. The standard InChI is InChI=1S/C23H32/c1-2-3-4-5-6-7-8-10-13-21-16-18-23(19-17-21)20-22-14-11-9-12-15-22/h9,11-12,14-19H,2-8,10,13,20H2,1H3. The van der Waals surface area contributed by atoms with Crippen molar-refractivity contribution in [2.75, 3.05) is 0 Å². The van der Waals surface area contributed by atoms with E-state index in [1.807, 2.05) is 0 Å². The zero-order valence-electron chi connectivity index (χ0n) is 14.8. The van der Waals surface area contributed by atoms with Gasteiger partial charge in [-0.1, -0.05) is 106 Å². The van der Waals surface area contributed by atoms with Gasteiger partial charge in [0.25, 0.3) is 0 Å². The highest BCUT2D eigenvalue weighted by Crippen LogP contribution is 2.14. The smallest absolute Gasteiger partial charge is 0.00258 e. The molecule has 0 heterocycles. The molecule has 0 heteroatoms. The van der Waals surface area contributed by atoms with E-state index in [1.54, 1.807) is 0 Å². The molecule has 0 saturated carbocycles. The summed E-state index contributed by atoms with van der Waals surface area (Å²) in [6, 6.07) is 20.0. The van der Waals surface area contributed by atoms with E-state index in [0.29, 0.717) is 0 Å². The van der Waals surface area contributed by atoms with E-state index in [1.165, 1.54) is 74.5 Å². The van der Waals surface area contributed by atoms with Crippen LogP contribution in [-0.2, 0) is 12.8 Å². The van der Waals surface area contributed by atoms with Gasteiger partial charge in [0.15, 0.2) is 0 Å². The molecule has 0 aliphatic carbocycles. The molecule has 0 aromatic heterocycles. The lowest BCUT2D eigenvalue weighted by Gasteiger charge is -2.05. The third-order valence-electron chi connectivity index (χ3n) is 4.59. The first-order valence-electron chi connectivity index (χ1n) is 9.50. The molecule has 23 heavy (non-hydrogen) atoms. The van der Waals surface area contributed by atoms with Gasteiger partial charge in [-0.15, -0.1) is 0 Å². The van der Waals surface area contributed by atoms with Gasteiger partial charge in [-0.3, -0.25) is 0 Å². The van der Waals surface area contributed by atoms with Gasteiger partial charge in [-0.05, 0) is 36.0 Å². The average Bonchev–Trinajstić information content (AvgIpc) is 2.60. The van der Waals surface area contributed by atoms with E-state index < -0.39 is 0 Å². The first kappa shape index (κ1) is 17.8. The summed E-state index contributed by atoms with van der Waals surface area (Å²) in [6.45, 7) is 2.28. The summed E-state index contributed by atoms with van der Waals surface area (Å²) in [5.41, 5.74) is 4.30. The Morgan fingerprint density at radius 2 is 1.04 bits per heavy atom. The number of hydrogen-bond donors (Lipinski definition) is 0. The molecule has 0 aliphatic rings. The fourth-order valence-corrected chi connectivity index (χ4v) is 3.12.